The van der Waals surface area contributed by atoms with E-state index >= 15 is 0 Å². The van der Waals surface area contributed by atoms with Gasteiger partial charge in [0.2, 0.25) is 11.2 Å². The van der Waals surface area contributed by atoms with Crippen LogP contribution in [0.1, 0.15) is 17.7 Å². The lowest BCUT2D eigenvalue weighted by molar-refractivity contribution is -0.122. The smallest absolute Gasteiger partial charge is 0.230 e. The summed E-state index contributed by atoms with van der Waals surface area (Å²) in [5, 5.41) is 0.128. The Balaban J connectivity index is 1.82. The first-order chi connectivity index (χ1) is 14.9. The number of amides is 1. The number of carbonyl (C=O) groups is 1. The van der Waals surface area contributed by atoms with Crippen LogP contribution in [-0.2, 0) is 17.6 Å². The Bertz CT molecular complexity index is 1030. The molecule has 0 aliphatic carbocycles. The average Bonchev–Trinajstić information content (AvgIpc) is 2.75. The van der Waals surface area contributed by atoms with Crippen LogP contribution in [0.5, 0.6) is 5.75 Å². The van der Waals surface area contributed by atoms with Crippen LogP contribution in [0.4, 0.5) is 14.5 Å². The van der Waals surface area contributed by atoms with Crippen LogP contribution >= 0.6 is 11.6 Å². The monoisotopic (exact) mass is 445 g/mol. The summed E-state index contributed by atoms with van der Waals surface area (Å²) in [6.07, 6.45) is 2.62. The predicted octanol–water partition coefficient (Wildman–Crippen LogP) is 4.87. The number of anilines is 1. The van der Waals surface area contributed by atoms with Crippen molar-refractivity contribution in [2.24, 2.45) is 5.92 Å². The maximum absolute atomic E-state index is 13.7. The molecule has 0 spiro atoms. The molecule has 0 aliphatic heterocycles. The van der Waals surface area contributed by atoms with Crippen molar-refractivity contribution in [2.45, 2.75) is 19.3 Å². The van der Waals surface area contributed by atoms with Crippen molar-refractivity contribution in [1.29, 1.82) is 0 Å². The lowest BCUT2D eigenvalue weighted by Gasteiger charge is -2.24. The molecule has 162 valence electrons. The van der Waals surface area contributed by atoms with Crippen LogP contribution in [0.2, 0.25) is 5.28 Å². The van der Waals surface area contributed by atoms with Gasteiger partial charge < -0.3 is 9.64 Å². The summed E-state index contributed by atoms with van der Waals surface area (Å²) in [6.45, 7) is 0. The molecular weight excluding hydrogens is 424 g/mol. The fourth-order valence-electron chi connectivity index (χ4n) is 3.36. The summed E-state index contributed by atoms with van der Waals surface area (Å²) in [4.78, 5) is 22.9. The number of benzene rings is 2. The molecule has 0 fully saturated rings. The van der Waals surface area contributed by atoms with Gasteiger partial charge in [-0.2, -0.15) is 0 Å². The zero-order valence-electron chi connectivity index (χ0n) is 17.2. The second-order valence-electron chi connectivity index (χ2n) is 7.13. The van der Waals surface area contributed by atoms with Gasteiger partial charge in [-0.1, -0.05) is 0 Å². The Hall–Kier alpha value is -3.06. The minimum absolute atomic E-state index is 0.128. The third-order valence-corrected chi connectivity index (χ3v) is 5.16. The molecule has 0 radical (unpaired) electrons. The Morgan fingerprint density at radius 1 is 1.13 bits per heavy atom. The van der Waals surface area contributed by atoms with Gasteiger partial charge in [0.15, 0.2) is 0 Å². The molecule has 0 unspecified atom stereocenters. The van der Waals surface area contributed by atoms with Gasteiger partial charge in [-0.25, -0.2) is 18.7 Å². The number of carbonyl (C=O) groups excluding carboxylic acids is 1. The first kappa shape index (κ1) is 22.6. The molecule has 1 heterocycles. The van der Waals surface area contributed by atoms with Gasteiger partial charge in [-0.15, -0.1) is 0 Å². The lowest BCUT2D eigenvalue weighted by atomic mass is 9.92. The SMILES string of the molecule is COc1ccc(N(C)C(=O)[C@@H](CCc2ccnc(Cl)n2)Cc2cc(F)cc(F)c2)cc1. The van der Waals surface area contributed by atoms with Crippen LogP contribution in [0.3, 0.4) is 0 Å². The second kappa shape index (κ2) is 10.3. The zero-order chi connectivity index (χ0) is 22.4. The molecule has 3 aromatic rings. The quantitative estimate of drug-likeness (QED) is 0.464. The highest BCUT2D eigenvalue weighted by molar-refractivity contribution is 6.28. The van der Waals surface area contributed by atoms with Crippen LogP contribution in [-0.4, -0.2) is 30.0 Å². The van der Waals surface area contributed by atoms with Gasteiger partial charge in [0.05, 0.1) is 7.11 Å². The van der Waals surface area contributed by atoms with Crippen molar-refractivity contribution in [2.75, 3.05) is 19.1 Å². The van der Waals surface area contributed by atoms with E-state index in [2.05, 4.69) is 9.97 Å². The topological polar surface area (TPSA) is 55.3 Å². The van der Waals surface area contributed by atoms with E-state index in [0.717, 1.165) is 6.07 Å². The standard InChI is InChI=1S/C23H22ClF2N3O2/c1-29(20-5-7-21(31-2)8-6-20)22(30)16(3-4-19-9-10-27-23(24)28-19)11-15-12-17(25)14-18(26)13-15/h5-10,12-14,16H,3-4,11H2,1-2H3/t16-/m0/s1. The molecule has 1 aromatic heterocycles. The number of ether oxygens (including phenoxy) is 1. The van der Waals surface area contributed by atoms with E-state index in [-0.39, 0.29) is 17.6 Å². The van der Waals surface area contributed by atoms with E-state index in [0.29, 0.717) is 35.5 Å². The molecule has 5 nitrogen and oxygen atoms in total. The molecule has 1 atom stereocenters. The van der Waals surface area contributed by atoms with Crippen molar-refractivity contribution in [3.63, 3.8) is 0 Å². The van der Waals surface area contributed by atoms with Gasteiger partial charge >= 0.3 is 0 Å². The van der Waals surface area contributed by atoms with E-state index in [9.17, 15) is 13.6 Å². The first-order valence-corrected chi connectivity index (χ1v) is 10.1. The Labute approximate surface area is 184 Å². The highest BCUT2D eigenvalue weighted by Gasteiger charge is 2.24. The summed E-state index contributed by atoms with van der Waals surface area (Å²) in [6, 6.07) is 12.1. The van der Waals surface area contributed by atoms with Crippen molar-refractivity contribution in [3.05, 3.63) is 82.9 Å². The number of aromatic nitrogens is 2. The van der Waals surface area contributed by atoms with E-state index in [4.69, 9.17) is 16.3 Å². The number of hydrogen-bond donors (Lipinski definition) is 0. The maximum atomic E-state index is 13.7. The molecule has 8 heteroatoms. The molecule has 3 rings (SSSR count). The summed E-state index contributed by atoms with van der Waals surface area (Å²) in [5.74, 6) is -1.37. The summed E-state index contributed by atoms with van der Waals surface area (Å²) in [5.41, 5.74) is 1.79. The first-order valence-electron chi connectivity index (χ1n) is 9.69. The molecule has 0 saturated heterocycles. The van der Waals surface area contributed by atoms with Gasteiger partial charge in [0, 0.05) is 36.6 Å². The van der Waals surface area contributed by atoms with Gasteiger partial charge in [0.1, 0.15) is 17.4 Å². The molecule has 0 aliphatic rings. The number of methoxy groups -OCH3 is 1. The van der Waals surface area contributed by atoms with E-state index < -0.39 is 17.6 Å². The predicted molar refractivity (Wildman–Crippen MR) is 115 cm³/mol. The minimum Gasteiger partial charge on any atom is -0.497 e. The summed E-state index contributed by atoms with van der Waals surface area (Å²) >= 11 is 5.85. The van der Waals surface area contributed by atoms with E-state index in [1.807, 2.05) is 0 Å². The fraction of sp³-hybridized carbons (Fsp3) is 0.261. The van der Waals surface area contributed by atoms with Crippen molar-refractivity contribution >= 4 is 23.2 Å². The summed E-state index contributed by atoms with van der Waals surface area (Å²) in [7, 11) is 3.24. The number of nitrogens with zero attached hydrogens (tertiary/aromatic N) is 3. The number of aryl methyl sites for hydroxylation is 1. The molecule has 0 bridgehead atoms. The van der Waals surface area contributed by atoms with E-state index in [1.165, 1.54) is 17.0 Å². The lowest BCUT2D eigenvalue weighted by Crippen LogP contribution is -2.34. The van der Waals surface area contributed by atoms with Crippen LogP contribution in [0.15, 0.2) is 54.7 Å². The van der Waals surface area contributed by atoms with Crippen molar-refractivity contribution in [1.82, 2.24) is 9.97 Å². The minimum atomic E-state index is -0.674. The molecule has 0 N–H and O–H groups in total. The average molecular weight is 446 g/mol. The van der Waals surface area contributed by atoms with Gasteiger partial charge in [-0.3, -0.25) is 4.79 Å². The second-order valence-corrected chi connectivity index (χ2v) is 7.47. The number of halogens is 3. The molecule has 1 amide bonds. The highest BCUT2D eigenvalue weighted by atomic mass is 35.5. The van der Waals surface area contributed by atoms with Gasteiger partial charge in [0.25, 0.3) is 0 Å². The van der Waals surface area contributed by atoms with Gasteiger partial charge in [-0.05, 0) is 78.9 Å². The van der Waals surface area contributed by atoms with E-state index in [1.54, 1.807) is 50.7 Å². The normalized spacial score (nSPS) is 11.8. The molecule has 31 heavy (non-hydrogen) atoms. The third-order valence-electron chi connectivity index (χ3n) is 4.98. The largest absolute Gasteiger partial charge is 0.497 e. The molecule has 0 saturated carbocycles. The summed E-state index contributed by atoms with van der Waals surface area (Å²) < 4.78 is 32.5. The molecular formula is C23H22ClF2N3O2. The third kappa shape index (κ3) is 6.21. The zero-order valence-corrected chi connectivity index (χ0v) is 17.9. The number of hydrogen-bond acceptors (Lipinski definition) is 4. The molecule has 2 aromatic carbocycles. The van der Waals surface area contributed by atoms with Crippen molar-refractivity contribution < 1.29 is 18.3 Å². The van der Waals surface area contributed by atoms with Crippen LogP contribution < -0.4 is 9.64 Å². The van der Waals surface area contributed by atoms with Crippen LogP contribution in [0.25, 0.3) is 0 Å². The number of rotatable bonds is 8. The van der Waals surface area contributed by atoms with Crippen molar-refractivity contribution in [3.8, 4) is 5.75 Å². The van der Waals surface area contributed by atoms with Crippen LogP contribution in [0, 0.1) is 17.6 Å². The fourth-order valence-corrected chi connectivity index (χ4v) is 3.53. The maximum Gasteiger partial charge on any atom is 0.230 e. The Kier molecular flexibility index (Phi) is 7.52. The Morgan fingerprint density at radius 3 is 2.42 bits per heavy atom. The highest BCUT2D eigenvalue weighted by Crippen LogP contribution is 2.24. The Morgan fingerprint density at radius 2 is 1.81 bits per heavy atom.